The summed E-state index contributed by atoms with van der Waals surface area (Å²) in [5.41, 5.74) is 0. The van der Waals surface area contributed by atoms with Gasteiger partial charge in [-0.3, -0.25) is 14.4 Å². The zero-order valence-corrected chi connectivity index (χ0v) is 23.2. The summed E-state index contributed by atoms with van der Waals surface area (Å²) >= 11 is 1.74. The third-order valence-corrected chi connectivity index (χ3v) is 10.4. The number of nitrogens with zero attached hydrogens (tertiary/aromatic N) is 3. The van der Waals surface area contributed by atoms with E-state index < -0.39 is 22.6 Å². The Kier molecular flexibility index (Phi) is 10.1. The Morgan fingerprint density at radius 3 is 2.47 bits per heavy atom. The average Bonchev–Trinajstić information content (AvgIpc) is 3.44. The number of aliphatic hydroxyl groups excluding tert-OH is 1. The third kappa shape index (κ3) is 5.13. The highest BCUT2D eigenvalue weighted by atomic mass is 32.2. The number of amides is 3. The second-order valence-electron chi connectivity index (χ2n) is 10.7. The predicted molar refractivity (Wildman–Crippen MR) is 145 cm³/mol. The van der Waals surface area contributed by atoms with E-state index in [-0.39, 0.29) is 35.5 Å². The summed E-state index contributed by atoms with van der Waals surface area (Å²) in [6, 6.07) is -0.558. The zero-order valence-electron chi connectivity index (χ0n) is 22.4. The van der Waals surface area contributed by atoms with Crippen molar-refractivity contribution in [2.45, 2.75) is 74.8 Å². The molecule has 1 spiro atoms. The number of rotatable bonds is 15. The summed E-state index contributed by atoms with van der Waals surface area (Å²) in [4.78, 5) is 47.3. The summed E-state index contributed by atoms with van der Waals surface area (Å²) in [7, 11) is 1.77. The van der Waals surface area contributed by atoms with Gasteiger partial charge in [0, 0.05) is 45.1 Å². The van der Waals surface area contributed by atoms with E-state index in [4.69, 9.17) is 5.11 Å². The molecule has 0 aromatic heterocycles. The topological polar surface area (TPSA) is 81.2 Å². The van der Waals surface area contributed by atoms with Gasteiger partial charge in [0.05, 0.1) is 16.6 Å². The minimum atomic E-state index is -0.578. The predicted octanol–water partition coefficient (Wildman–Crippen LogP) is 3.34. The molecule has 202 valence electrons. The van der Waals surface area contributed by atoms with Crippen LogP contribution in [0.15, 0.2) is 25.3 Å². The van der Waals surface area contributed by atoms with Gasteiger partial charge in [-0.2, -0.15) is 0 Å². The molecule has 3 aliphatic rings. The Morgan fingerprint density at radius 2 is 1.83 bits per heavy atom. The van der Waals surface area contributed by atoms with Crippen molar-refractivity contribution in [1.82, 2.24) is 14.7 Å². The molecule has 7 nitrogen and oxygen atoms in total. The van der Waals surface area contributed by atoms with Gasteiger partial charge < -0.3 is 19.8 Å². The monoisotopic (exact) mass is 519 g/mol. The molecule has 1 N–H and O–H groups in total. The van der Waals surface area contributed by atoms with Gasteiger partial charge in [-0.05, 0) is 31.6 Å². The van der Waals surface area contributed by atoms with E-state index in [1.54, 1.807) is 35.9 Å². The Labute approximate surface area is 221 Å². The van der Waals surface area contributed by atoms with Crippen LogP contribution >= 0.6 is 11.8 Å². The molecule has 3 rings (SSSR count). The minimum Gasteiger partial charge on any atom is -0.396 e. The summed E-state index contributed by atoms with van der Waals surface area (Å²) in [6.45, 7) is 14.1. The molecule has 0 saturated carbocycles. The number of carbonyl (C=O) groups is 3. The molecule has 3 aliphatic heterocycles. The van der Waals surface area contributed by atoms with Crippen molar-refractivity contribution < 1.29 is 19.5 Å². The third-order valence-electron chi connectivity index (χ3n) is 8.29. The van der Waals surface area contributed by atoms with Crippen molar-refractivity contribution in [1.29, 1.82) is 0 Å². The first-order chi connectivity index (χ1) is 17.3. The van der Waals surface area contributed by atoms with Gasteiger partial charge in [-0.1, -0.05) is 45.3 Å². The zero-order chi connectivity index (χ0) is 26.5. The number of carbonyl (C=O) groups excluding carboxylic acids is 3. The van der Waals surface area contributed by atoms with Gasteiger partial charge in [0.15, 0.2) is 0 Å². The highest BCUT2D eigenvalue weighted by Crippen LogP contribution is 2.68. The summed E-state index contributed by atoms with van der Waals surface area (Å²) in [5.74, 6) is -0.746. The van der Waals surface area contributed by atoms with Gasteiger partial charge >= 0.3 is 0 Å². The second kappa shape index (κ2) is 12.6. The molecule has 6 atom stereocenters. The fraction of sp³-hybridized carbons (Fsp3) is 0.750. The molecular formula is C28H45N3O4S. The largest absolute Gasteiger partial charge is 0.396 e. The van der Waals surface area contributed by atoms with Gasteiger partial charge in [0.1, 0.15) is 6.04 Å². The van der Waals surface area contributed by atoms with Crippen LogP contribution in [0.4, 0.5) is 0 Å². The second-order valence-corrected chi connectivity index (χ2v) is 12.2. The highest BCUT2D eigenvalue weighted by Gasteiger charge is 2.76. The Morgan fingerprint density at radius 1 is 1.14 bits per heavy atom. The lowest BCUT2D eigenvalue weighted by molar-refractivity contribution is -0.144. The number of aliphatic hydroxyl groups is 1. The number of hydrogen-bond donors (Lipinski definition) is 1. The molecule has 3 saturated heterocycles. The van der Waals surface area contributed by atoms with Crippen molar-refractivity contribution in [3.8, 4) is 0 Å². The van der Waals surface area contributed by atoms with Crippen LogP contribution in [0.25, 0.3) is 0 Å². The Hall–Kier alpha value is -1.80. The first-order valence-corrected chi connectivity index (χ1v) is 14.5. The van der Waals surface area contributed by atoms with Crippen molar-refractivity contribution in [2.24, 2.45) is 17.8 Å². The summed E-state index contributed by atoms with van der Waals surface area (Å²) in [5, 5.41) is 9.18. The van der Waals surface area contributed by atoms with Crippen LogP contribution in [0.2, 0.25) is 0 Å². The molecule has 0 aromatic carbocycles. The molecule has 3 amide bonds. The van der Waals surface area contributed by atoms with Crippen LogP contribution in [0.5, 0.6) is 0 Å². The van der Waals surface area contributed by atoms with Crippen LogP contribution < -0.4 is 0 Å². The summed E-state index contributed by atoms with van der Waals surface area (Å²) < 4.78 is -0.578. The maximum absolute atomic E-state index is 14.2. The van der Waals surface area contributed by atoms with E-state index in [1.165, 1.54) is 0 Å². The number of likely N-dealkylation sites (tertiary alicyclic amines) is 1. The van der Waals surface area contributed by atoms with E-state index in [1.807, 2.05) is 9.80 Å². The lowest BCUT2D eigenvalue weighted by Crippen LogP contribution is -2.57. The number of likely N-dealkylation sites (N-methyl/N-ethyl adjacent to an activating group) is 1. The normalized spacial score (nSPS) is 30.4. The van der Waals surface area contributed by atoms with Crippen LogP contribution in [0.1, 0.15) is 58.8 Å². The average molecular weight is 520 g/mol. The number of fused-ring (bicyclic) bond motifs is 1. The van der Waals surface area contributed by atoms with E-state index >= 15 is 0 Å². The van der Waals surface area contributed by atoms with Crippen LogP contribution in [0.3, 0.4) is 0 Å². The van der Waals surface area contributed by atoms with Crippen LogP contribution in [0, 0.1) is 17.8 Å². The quantitative estimate of drug-likeness (QED) is 0.265. The van der Waals surface area contributed by atoms with Gasteiger partial charge in [-0.25, -0.2) is 0 Å². The van der Waals surface area contributed by atoms with E-state index in [2.05, 4.69) is 27.0 Å². The summed E-state index contributed by atoms with van der Waals surface area (Å²) in [6.07, 6.45) is 9.51. The van der Waals surface area contributed by atoms with Crippen molar-refractivity contribution >= 4 is 29.5 Å². The SMILES string of the molecule is C=CCN(C)C(=O)[C@@H]1[C@@H]2CC(C)C3(S2)C(C(=O)N(CC=C)CCCC)N(CCCCCCO)C(=O)[C@H]13. The van der Waals surface area contributed by atoms with Crippen molar-refractivity contribution in [3.05, 3.63) is 25.3 Å². The molecular weight excluding hydrogens is 474 g/mol. The van der Waals surface area contributed by atoms with E-state index in [0.717, 1.165) is 44.9 Å². The lowest BCUT2D eigenvalue weighted by Gasteiger charge is -2.41. The number of thioether (sulfide) groups is 1. The number of unbranched alkanes of at least 4 members (excludes halogenated alkanes) is 4. The fourth-order valence-electron chi connectivity index (χ4n) is 6.58. The molecule has 36 heavy (non-hydrogen) atoms. The van der Waals surface area contributed by atoms with Gasteiger partial charge in [0.25, 0.3) is 0 Å². The molecule has 8 heteroatoms. The van der Waals surface area contributed by atoms with E-state index in [0.29, 0.717) is 26.2 Å². The Bertz CT molecular complexity index is 836. The fourth-order valence-corrected chi connectivity index (χ4v) is 8.99. The molecule has 3 heterocycles. The lowest BCUT2D eigenvalue weighted by atomic mass is 9.65. The van der Waals surface area contributed by atoms with Crippen LogP contribution in [-0.2, 0) is 14.4 Å². The molecule has 2 bridgehead atoms. The first kappa shape index (κ1) is 28.8. The standard InChI is InChI=1S/C28H45N3O4S/c1-6-9-16-30(15-8-3)27(35)24-28-20(4)19-21(36-28)22(25(33)29(5)14-7-2)23(28)26(34)31(24)17-12-10-11-13-18-32/h7-8,20-24,32H,2-3,6,9-19H2,1,4-5H3/t20?,21-,22+,23-,24?,28?/m0/s1. The molecule has 3 unspecified atom stereocenters. The highest BCUT2D eigenvalue weighted by molar-refractivity contribution is 8.02. The van der Waals surface area contributed by atoms with Crippen molar-refractivity contribution in [2.75, 3.05) is 39.8 Å². The molecule has 3 fully saturated rings. The number of hydrogen-bond acceptors (Lipinski definition) is 5. The maximum Gasteiger partial charge on any atom is 0.247 e. The maximum atomic E-state index is 14.2. The Balaban J connectivity index is 1.98. The van der Waals surface area contributed by atoms with Crippen LogP contribution in [-0.4, -0.2) is 93.4 Å². The first-order valence-electron chi connectivity index (χ1n) is 13.6. The molecule has 0 aromatic rings. The molecule has 0 aliphatic carbocycles. The van der Waals surface area contributed by atoms with Gasteiger partial charge in [0.2, 0.25) is 17.7 Å². The minimum absolute atomic E-state index is 0.00195. The van der Waals surface area contributed by atoms with E-state index in [9.17, 15) is 14.4 Å². The smallest absolute Gasteiger partial charge is 0.247 e. The molecule has 0 radical (unpaired) electrons. The van der Waals surface area contributed by atoms with Gasteiger partial charge in [-0.15, -0.1) is 24.9 Å². The van der Waals surface area contributed by atoms with Crippen molar-refractivity contribution in [3.63, 3.8) is 0 Å².